The highest BCUT2D eigenvalue weighted by atomic mass is 32.2. The van der Waals surface area contributed by atoms with Gasteiger partial charge in [-0.3, -0.25) is 9.36 Å². The molecule has 1 aliphatic carbocycles. The van der Waals surface area contributed by atoms with Crippen molar-refractivity contribution >= 4 is 33.3 Å². The first-order chi connectivity index (χ1) is 12.7. The highest BCUT2D eigenvalue weighted by molar-refractivity contribution is 7.98. The van der Waals surface area contributed by atoms with Crippen LogP contribution in [0.25, 0.3) is 10.2 Å². The van der Waals surface area contributed by atoms with Crippen molar-refractivity contribution in [3.63, 3.8) is 0 Å². The lowest BCUT2D eigenvalue weighted by Crippen LogP contribution is -2.23. The molecule has 134 valence electrons. The third-order valence-corrected chi connectivity index (χ3v) is 7.13. The fraction of sp³-hybridized carbons (Fsp3) is 0.333. The summed E-state index contributed by atoms with van der Waals surface area (Å²) in [6.45, 7) is 6.60. The van der Waals surface area contributed by atoms with Crippen molar-refractivity contribution in [3.05, 3.63) is 69.3 Å². The summed E-state index contributed by atoms with van der Waals surface area (Å²) in [6.07, 6.45) is 5.06. The van der Waals surface area contributed by atoms with Crippen LogP contribution in [0.3, 0.4) is 0 Å². The first kappa shape index (κ1) is 17.6. The summed E-state index contributed by atoms with van der Waals surface area (Å²) in [6, 6.07) is 10.3. The SMILES string of the molecule is C=CCn1c(SCc2ccccc2)nc2sc3c(c2c1=O)CC(C)CC3. The third kappa shape index (κ3) is 3.26. The Balaban J connectivity index is 1.78. The average Bonchev–Trinajstić information content (AvgIpc) is 3.01. The quantitative estimate of drug-likeness (QED) is 0.351. The van der Waals surface area contributed by atoms with E-state index in [-0.39, 0.29) is 5.56 Å². The minimum Gasteiger partial charge on any atom is -0.283 e. The highest BCUT2D eigenvalue weighted by Crippen LogP contribution is 2.36. The molecule has 5 heteroatoms. The number of aromatic nitrogens is 2. The average molecular weight is 383 g/mol. The van der Waals surface area contributed by atoms with E-state index in [1.807, 2.05) is 18.2 Å². The number of rotatable bonds is 5. The summed E-state index contributed by atoms with van der Waals surface area (Å²) in [7, 11) is 0. The van der Waals surface area contributed by atoms with Gasteiger partial charge in [-0.15, -0.1) is 17.9 Å². The number of thiophene rings is 1. The Bertz CT molecular complexity index is 1000. The minimum absolute atomic E-state index is 0.0945. The van der Waals surface area contributed by atoms with Crippen molar-refractivity contribution in [3.8, 4) is 0 Å². The second-order valence-corrected chi connectivity index (χ2v) is 8.93. The van der Waals surface area contributed by atoms with Crippen LogP contribution >= 0.6 is 23.1 Å². The molecule has 0 fully saturated rings. The summed E-state index contributed by atoms with van der Waals surface area (Å²) in [5.41, 5.74) is 2.58. The molecule has 0 radical (unpaired) electrons. The van der Waals surface area contributed by atoms with E-state index in [1.54, 1.807) is 33.7 Å². The van der Waals surface area contributed by atoms with Gasteiger partial charge in [0.15, 0.2) is 5.16 Å². The smallest absolute Gasteiger partial charge is 0.263 e. The molecule has 1 atom stereocenters. The van der Waals surface area contributed by atoms with Gasteiger partial charge in [0.1, 0.15) is 4.83 Å². The molecule has 2 heterocycles. The minimum atomic E-state index is 0.0945. The first-order valence-electron chi connectivity index (χ1n) is 9.00. The van der Waals surface area contributed by atoms with Gasteiger partial charge < -0.3 is 0 Å². The van der Waals surface area contributed by atoms with Crippen molar-refractivity contribution in [1.82, 2.24) is 9.55 Å². The highest BCUT2D eigenvalue weighted by Gasteiger charge is 2.24. The largest absolute Gasteiger partial charge is 0.283 e. The molecule has 0 bridgehead atoms. The Hall–Kier alpha value is -1.85. The molecule has 0 amide bonds. The molecule has 3 nitrogen and oxygen atoms in total. The van der Waals surface area contributed by atoms with Crippen LogP contribution in [0.5, 0.6) is 0 Å². The molecule has 3 aromatic rings. The Morgan fingerprint density at radius 2 is 2.19 bits per heavy atom. The zero-order chi connectivity index (χ0) is 18.1. The van der Waals surface area contributed by atoms with Gasteiger partial charge in [-0.1, -0.05) is 55.1 Å². The van der Waals surface area contributed by atoms with Crippen molar-refractivity contribution in [2.75, 3.05) is 0 Å². The summed E-state index contributed by atoms with van der Waals surface area (Å²) >= 11 is 3.34. The van der Waals surface area contributed by atoms with Gasteiger partial charge in [0, 0.05) is 17.2 Å². The lowest BCUT2D eigenvalue weighted by atomic mass is 9.89. The normalized spacial score (nSPS) is 16.6. The maximum atomic E-state index is 13.3. The molecule has 0 saturated carbocycles. The van der Waals surface area contributed by atoms with Gasteiger partial charge in [-0.25, -0.2) is 4.98 Å². The Labute approximate surface area is 161 Å². The van der Waals surface area contributed by atoms with Gasteiger partial charge in [0.25, 0.3) is 5.56 Å². The molecule has 2 aromatic heterocycles. The van der Waals surface area contributed by atoms with Crippen LogP contribution in [0.2, 0.25) is 0 Å². The predicted octanol–water partition coefficient (Wildman–Crippen LogP) is 5.06. The van der Waals surface area contributed by atoms with Crippen LogP contribution in [-0.4, -0.2) is 9.55 Å². The molecular formula is C21H22N2OS2. The van der Waals surface area contributed by atoms with E-state index >= 15 is 0 Å². The molecule has 1 unspecified atom stereocenters. The Morgan fingerprint density at radius 3 is 2.96 bits per heavy atom. The monoisotopic (exact) mass is 382 g/mol. The van der Waals surface area contributed by atoms with E-state index in [0.29, 0.717) is 12.5 Å². The number of nitrogens with zero attached hydrogens (tertiary/aromatic N) is 2. The van der Waals surface area contributed by atoms with Crippen LogP contribution in [0.4, 0.5) is 0 Å². The zero-order valence-electron chi connectivity index (χ0n) is 14.9. The molecule has 0 spiro atoms. The molecule has 1 aromatic carbocycles. The fourth-order valence-corrected chi connectivity index (χ4v) is 5.76. The summed E-state index contributed by atoms with van der Waals surface area (Å²) in [5.74, 6) is 1.44. The van der Waals surface area contributed by atoms with Gasteiger partial charge in [-0.2, -0.15) is 0 Å². The molecule has 4 rings (SSSR count). The number of thioether (sulfide) groups is 1. The van der Waals surface area contributed by atoms with E-state index in [2.05, 4.69) is 25.6 Å². The molecular weight excluding hydrogens is 360 g/mol. The van der Waals surface area contributed by atoms with Gasteiger partial charge in [0.2, 0.25) is 0 Å². The number of benzene rings is 1. The summed E-state index contributed by atoms with van der Waals surface area (Å²) < 4.78 is 1.79. The summed E-state index contributed by atoms with van der Waals surface area (Å²) in [4.78, 5) is 20.4. The maximum absolute atomic E-state index is 13.3. The van der Waals surface area contributed by atoms with Crippen LogP contribution < -0.4 is 5.56 Å². The van der Waals surface area contributed by atoms with Crippen LogP contribution in [-0.2, 0) is 25.1 Å². The number of hydrogen-bond donors (Lipinski definition) is 0. The van der Waals surface area contributed by atoms with Crippen molar-refractivity contribution in [2.24, 2.45) is 5.92 Å². The van der Waals surface area contributed by atoms with Crippen molar-refractivity contribution in [2.45, 2.75) is 43.6 Å². The second-order valence-electron chi connectivity index (χ2n) is 6.90. The lowest BCUT2D eigenvalue weighted by Gasteiger charge is -2.18. The van der Waals surface area contributed by atoms with Gasteiger partial charge in [0.05, 0.1) is 5.39 Å². The van der Waals surface area contributed by atoms with Gasteiger partial charge >= 0.3 is 0 Å². The molecule has 0 saturated heterocycles. The third-order valence-electron chi connectivity index (χ3n) is 4.90. The number of fused-ring (bicyclic) bond motifs is 3. The standard InChI is InChI=1S/C21H22N2OS2/c1-3-11-23-20(24)18-16-12-14(2)9-10-17(16)26-19(18)22-21(23)25-13-15-7-5-4-6-8-15/h3-8,14H,1,9-13H2,2H3. The molecule has 0 N–H and O–H groups in total. The van der Waals surface area contributed by atoms with E-state index in [1.165, 1.54) is 22.4 Å². The number of aryl methyl sites for hydroxylation is 1. The molecule has 26 heavy (non-hydrogen) atoms. The second kappa shape index (κ2) is 7.41. The van der Waals surface area contributed by atoms with Crippen molar-refractivity contribution in [1.29, 1.82) is 0 Å². The number of allylic oxidation sites excluding steroid dienone is 1. The van der Waals surface area contributed by atoms with E-state index in [9.17, 15) is 4.79 Å². The number of hydrogen-bond acceptors (Lipinski definition) is 4. The molecule has 0 aliphatic heterocycles. The lowest BCUT2D eigenvalue weighted by molar-refractivity contribution is 0.508. The maximum Gasteiger partial charge on any atom is 0.263 e. The zero-order valence-corrected chi connectivity index (χ0v) is 16.5. The van der Waals surface area contributed by atoms with E-state index < -0.39 is 0 Å². The van der Waals surface area contributed by atoms with E-state index in [0.717, 1.165) is 34.0 Å². The first-order valence-corrected chi connectivity index (χ1v) is 10.8. The Kier molecular flexibility index (Phi) is 5.00. The van der Waals surface area contributed by atoms with Crippen molar-refractivity contribution < 1.29 is 0 Å². The Morgan fingerprint density at radius 1 is 1.38 bits per heavy atom. The molecule has 1 aliphatic rings. The van der Waals surface area contributed by atoms with E-state index in [4.69, 9.17) is 4.98 Å². The predicted molar refractivity (Wildman–Crippen MR) is 111 cm³/mol. The van der Waals surface area contributed by atoms with Crippen LogP contribution in [0, 0.1) is 5.92 Å². The van der Waals surface area contributed by atoms with Gasteiger partial charge in [-0.05, 0) is 36.3 Å². The van der Waals surface area contributed by atoms with Crippen LogP contribution in [0.1, 0.15) is 29.3 Å². The fourth-order valence-electron chi connectivity index (χ4n) is 3.53. The topological polar surface area (TPSA) is 34.9 Å². The summed E-state index contributed by atoms with van der Waals surface area (Å²) in [5, 5.41) is 1.64. The van der Waals surface area contributed by atoms with Crippen LogP contribution in [0.15, 0.2) is 52.9 Å².